The van der Waals surface area contributed by atoms with Crippen molar-refractivity contribution >= 4 is 11.6 Å². The number of fused-ring (bicyclic) bond motifs is 2. The lowest BCUT2D eigenvalue weighted by Gasteiger charge is -2.52. The Morgan fingerprint density at radius 2 is 2.24 bits per heavy atom. The normalized spacial score (nSPS) is 28.3. The van der Waals surface area contributed by atoms with Crippen molar-refractivity contribution in [1.82, 2.24) is 4.90 Å². The largest absolute Gasteiger partial charge is 0.508 e. The lowest BCUT2D eigenvalue weighted by Crippen LogP contribution is -2.55. The molecule has 1 aromatic carbocycles. The Morgan fingerprint density at radius 3 is 3.00 bits per heavy atom. The van der Waals surface area contributed by atoms with Crippen LogP contribution in [0, 0.1) is 5.92 Å². The molecule has 0 radical (unpaired) electrons. The van der Waals surface area contributed by atoms with Crippen LogP contribution in [-0.4, -0.2) is 29.1 Å². The standard InChI is InChI=1S/C18H24ClNO/c1-18(2)15-5-3-9-20(10-4-8-19)17(15)11-13-6-7-14(21)12-16(13)18/h4,6-8,12,15,17,21H,3,5,9-11H2,1-2H3. The van der Waals surface area contributed by atoms with Gasteiger partial charge in [-0.1, -0.05) is 37.6 Å². The van der Waals surface area contributed by atoms with Gasteiger partial charge in [-0.15, -0.1) is 0 Å². The van der Waals surface area contributed by atoms with Gasteiger partial charge in [0.2, 0.25) is 0 Å². The van der Waals surface area contributed by atoms with Gasteiger partial charge in [0, 0.05) is 18.1 Å². The second-order valence-electron chi connectivity index (χ2n) is 6.94. The van der Waals surface area contributed by atoms with Crippen LogP contribution in [0.3, 0.4) is 0 Å². The van der Waals surface area contributed by atoms with Gasteiger partial charge in [-0.3, -0.25) is 4.90 Å². The highest BCUT2D eigenvalue weighted by Gasteiger charge is 2.45. The van der Waals surface area contributed by atoms with Crippen LogP contribution >= 0.6 is 11.6 Å². The van der Waals surface area contributed by atoms with Gasteiger partial charge in [-0.2, -0.15) is 0 Å². The lowest BCUT2D eigenvalue weighted by atomic mass is 9.60. The zero-order valence-corrected chi connectivity index (χ0v) is 13.6. The van der Waals surface area contributed by atoms with E-state index >= 15 is 0 Å². The van der Waals surface area contributed by atoms with E-state index in [1.165, 1.54) is 24.0 Å². The van der Waals surface area contributed by atoms with Crippen LogP contribution < -0.4 is 0 Å². The summed E-state index contributed by atoms with van der Waals surface area (Å²) in [4.78, 5) is 2.57. The van der Waals surface area contributed by atoms with Crippen molar-refractivity contribution < 1.29 is 5.11 Å². The molecule has 0 aromatic heterocycles. The molecule has 1 aliphatic carbocycles. The number of aromatic hydroxyl groups is 1. The van der Waals surface area contributed by atoms with E-state index in [1.807, 2.05) is 18.2 Å². The summed E-state index contributed by atoms with van der Waals surface area (Å²) in [5, 5.41) is 9.85. The van der Waals surface area contributed by atoms with Gasteiger partial charge in [0.25, 0.3) is 0 Å². The molecule has 2 aliphatic rings. The van der Waals surface area contributed by atoms with Crippen molar-refractivity contribution in [3.8, 4) is 5.75 Å². The Balaban J connectivity index is 1.98. The molecule has 1 saturated heterocycles. The van der Waals surface area contributed by atoms with E-state index in [2.05, 4.69) is 24.8 Å². The SMILES string of the molecule is CC1(C)c2cc(O)ccc2CC2C1CCCN2CC=CCl. The maximum Gasteiger partial charge on any atom is 0.115 e. The third kappa shape index (κ3) is 2.60. The predicted molar refractivity (Wildman–Crippen MR) is 87.9 cm³/mol. The Hall–Kier alpha value is -0.990. The minimum Gasteiger partial charge on any atom is -0.508 e. The maximum absolute atomic E-state index is 9.85. The molecule has 114 valence electrons. The summed E-state index contributed by atoms with van der Waals surface area (Å²) in [6, 6.07) is 6.48. The van der Waals surface area contributed by atoms with E-state index in [-0.39, 0.29) is 5.41 Å². The zero-order valence-electron chi connectivity index (χ0n) is 12.8. The highest BCUT2D eigenvalue weighted by Crippen LogP contribution is 2.47. The molecule has 0 amide bonds. The Morgan fingerprint density at radius 1 is 1.43 bits per heavy atom. The lowest BCUT2D eigenvalue weighted by molar-refractivity contribution is 0.0527. The summed E-state index contributed by atoms with van der Waals surface area (Å²) in [6.45, 7) is 6.77. The highest BCUT2D eigenvalue weighted by molar-refractivity contribution is 6.25. The van der Waals surface area contributed by atoms with E-state index in [0.29, 0.717) is 17.7 Å². The van der Waals surface area contributed by atoms with Crippen molar-refractivity contribution in [2.75, 3.05) is 13.1 Å². The third-order valence-corrected chi connectivity index (χ3v) is 5.64. The number of benzene rings is 1. The van der Waals surface area contributed by atoms with Crippen LogP contribution in [0.15, 0.2) is 29.8 Å². The fourth-order valence-corrected chi connectivity index (χ4v) is 4.49. The maximum atomic E-state index is 9.85. The molecule has 1 N–H and O–H groups in total. The molecule has 1 aromatic rings. The van der Waals surface area contributed by atoms with Crippen LogP contribution in [0.5, 0.6) is 5.75 Å². The molecule has 21 heavy (non-hydrogen) atoms. The molecule has 3 rings (SSSR count). The van der Waals surface area contributed by atoms with Gasteiger partial charge in [0.15, 0.2) is 0 Å². The van der Waals surface area contributed by atoms with Gasteiger partial charge in [-0.05, 0) is 60.4 Å². The first-order valence-electron chi connectivity index (χ1n) is 7.85. The van der Waals surface area contributed by atoms with E-state index in [9.17, 15) is 5.11 Å². The van der Waals surface area contributed by atoms with Crippen LogP contribution in [0.25, 0.3) is 0 Å². The van der Waals surface area contributed by atoms with Crippen molar-refractivity contribution in [3.05, 3.63) is 40.9 Å². The van der Waals surface area contributed by atoms with Crippen LogP contribution in [0.1, 0.15) is 37.8 Å². The summed E-state index contributed by atoms with van der Waals surface area (Å²) in [6.07, 6.45) is 5.64. The molecular weight excluding hydrogens is 282 g/mol. The number of rotatable bonds is 2. The number of likely N-dealkylation sites (tertiary alicyclic amines) is 1. The van der Waals surface area contributed by atoms with Crippen molar-refractivity contribution in [2.24, 2.45) is 5.92 Å². The topological polar surface area (TPSA) is 23.5 Å². The van der Waals surface area contributed by atoms with Crippen molar-refractivity contribution in [1.29, 1.82) is 0 Å². The van der Waals surface area contributed by atoms with Gasteiger partial charge >= 0.3 is 0 Å². The third-order valence-electron chi connectivity index (χ3n) is 5.47. The number of phenols is 1. The first kappa shape index (κ1) is 14.9. The van der Waals surface area contributed by atoms with E-state index < -0.39 is 0 Å². The molecule has 0 bridgehead atoms. The highest BCUT2D eigenvalue weighted by atomic mass is 35.5. The Kier molecular flexibility index (Phi) is 4.02. The minimum atomic E-state index is 0.111. The predicted octanol–water partition coefficient (Wildman–Crippen LogP) is 4.06. The fraction of sp³-hybridized carbons (Fsp3) is 0.556. The Labute approximate surface area is 132 Å². The van der Waals surface area contributed by atoms with E-state index in [0.717, 1.165) is 19.5 Å². The average Bonchev–Trinajstić information content (AvgIpc) is 2.46. The number of halogens is 1. The summed E-state index contributed by atoms with van der Waals surface area (Å²) in [7, 11) is 0. The molecule has 2 nitrogen and oxygen atoms in total. The molecule has 3 heteroatoms. The number of nitrogens with zero attached hydrogens (tertiary/aromatic N) is 1. The molecular formula is C18H24ClNO. The van der Waals surface area contributed by atoms with Gasteiger partial charge in [0.05, 0.1) is 0 Å². The average molecular weight is 306 g/mol. The quantitative estimate of drug-likeness (QED) is 0.890. The monoisotopic (exact) mass is 305 g/mol. The first-order valence-corrected chi connectivity index (χ1v) is 8.29. The second-order valence-corrected chi connectivity index (χ2v) is 7.19. The fourth-order valence-electron chi connectivity index (χ4n) is 4.41. The van der Waals surface area contributed by atoms with Crippen LogP contribution in [0.2, 0.25) is 0 Å². The van der Waals surface area contributed by atoms with Crippen molar-refractivity contribution in [3.63, 3.8) is 0 Å². The zero-order chi connectivity index (χ0) is 15.0. The second kappa shape index (κ2) is 5.66. The molecule has 2 atom stereocenters. The molecule has 1 aliphatic heterocycles. The van der Waals surface area contributed by atoms with E-state index in [1.54, 1.807) is 5.54 Å². The smallest absolute Gasteiger partial charge is 0.115 e. The number of piperidine rings is 1. The molecule has 2 unspecified atom stereocenters. The molecule has 1 fully saturated rings. The van der Waals surface area contributed by atoms with Crippen LogP contribution in [0.4, 0.5) is 0 Å². The summed E-state index contributed by atoms with van der Waals surface area (Å²) < 4.78 is 0. The number of hydrogen-bond acceptors (Lipinski definition) is 2. The van der Waals surface area contributed by atoms with E-state index in [4.69, 9.17) is 11.6 Å². The number of hydrogen-bond donors (Lipinski definition) is 1. The Bertz CT molecular complexity index is 552. The minimum absolute atomic E-state index is 0.111. The van der Waals surface area contributed by atoms with Crippen molar-refractivity contribution in [2.45, 2.75) is 44.6 Å². The van der Waals surface area contributed by atoms with Crippen LogP contribution in [-0.2, 0) is 11.8 Å². The summed E-state index contributed by atoms with van der Waals surface area (Å²) in [5.74, 6) is 1.03. The van der Waals surface area contributed by atoms with Gasteiger partial charge < -0.3 is 5.11 Å². The van der Waals surface area contributed by atoms with Gasteiger partial charge in [-0.25, -0.2) is 0 Å². The molecule has 0 spiro atoms. The van der Waals surface area contributed by atoms with Gasteiger partial charge in [0.1, 0.15) is 5.75 Å². The first-order chi connectivity index (χ1) is 10.0. The number of phenolic OH excluding ortho intramolecular Hbond substituents is 1. The summed E-state index contributed by atoms with van der Waals surface area (Å²) in [5.41, 5.74) is 4.46. The summed E-state index contributed by atoms with van der Waals surface area (Å²) >= 11 is 5.72. The molecule has 0 saturated carbocycles. The molecule has 1 heterocycles.